The van der Waals surface area contributed by atoms with Crippen LogP contribution < -0.4 is 10.1 Å². The Morgan fingerprint density at radius 1 is 1.41 bits per heavy atom. The van der Waals surface area contributed by atoms with Crippen molar-refractivity contribution in [3.63, 3.8) is 0 Å². The molecule has 0 saturated carbocycles. The Balaban J connectivity index is 1.66. The number of para-hydroxylation sites is 1. The topological polar surface area (TPSA) is 91.8 Å². The molecule has 1 aliphatic rings. The number of amides is 2. The Morgan fingerprint density at radius 2 is 2.22 bits per heavy atom. The van der Waals surface area contributed by atoms with E-state index in [1.165, 1.54) is 0 Å². The van der Waals surface area contributed by atoms with Crippen molar-refractivity contribution in [2.45, 2.75) is 25.2 Å². The van der Waals surface area contributed by atoms with Crippen LogP contribution in [-0.2, 0) is 4.79 Å². The molecule has 0 radical (unpaired) electrons. The molecule has 1 aliphatic heterocycles. The van der Waals surface area contributed by atoms with Crippen molar-refractivity contribution in [2.75, 3.05) is 26.7 Å². The highest BCUT2D eigenvalue weighted by molar-refractivity contribution is 7.10. The second kappa shape index (κ2) is 8.85. The number of methoxy groups -OCH3 is 1. The van der Waals surface area contributed by atoms with Crippen LogP contribution in [0.15, 0.2) is 29.6 Å². The van der Waals surface area contributed by atoms with Gasteiger partial charge < -0.3 is 20.1 Å². The zero-order chi connectivity index (χ0) is 19.2. The summed E-state index contributed by atoms with van der Waals surface area (Å²) in [7, 11) is 1.65. The van der Waals surface area contributed by atoms with Gasteiger partial charge in [-0.2, -0.15) is 0 Å². The van der Waals surface area contributed by atoms with E-state index >= 15 is 0 Å². The SMILES string of the molecule is COc1ccccc1-c1csc(C2CCCN(C(=O)NCCC(=O)O)C2)n1. The standard InChI is InChI=1S/C19H23N3O4S/c1-26-16-7-3-2-6-14(16)15-12-27-18(21-15)13-5-4-10-22(11-13)19(25)20-9-8-17(23)24/h2-3,6-7,12-13H,4-5,8-11H2,1H3,(H,20,25)(H,23,24). The molecule has 0 spiro atoms. The van der Waals surface area contributed by atoms with Crippen LogP contribution in [0.2, 0.25) is 0 Å². The number of hydrogen-bond donors (Lipinski definition) is 2. The first-order valence-corrected chi connectivity index (χ1v) is 9.80. The molecule has 7 nitrogen and oxygen atoms in total. The van der Waals surface area contributed by atoms with Crippen molar-refractivity contribution in [2.24, 2.45) is 0 Å². The lowest BCUT2D eigenvalue weighted by Gasteiger charge is -2.31. The number of rotatable bonds is 6. The number of carboxylic acid groups (broad SMARTS) is 1. The number of thiazole rings is 1. The van der Waals surface area contributed by atoms with Gasteiger partial charge in [0.05, 0.1) is 24.2 Å². The normalized spacial score (nSPS) is 16.8. The van der Waals surface area contributed by atoms with E-state index in [4.69, 9.17) is 14.8 Å². The number of likely N-dealkylation sites (tertiary alicyclic amines) is 1. The highest BCUT2D eigenvalue weighted by Crippen LogP contribution is 2.35. The minimum Gasteiger partial charge on any atom is -0.496 e. The highest BCUT2D eigenvalue weighted by Gasteiger charge is 2.27. The van der Waals surface area contributed by atoms with Gasteiger partial charge in [0.1, 0.15) is 5.75 Å². The number of carbonyl (C=O) groups excluding carboxylic acids is 1. The maximum absolute atomic E-state index is 12.3. The predicted octanol–water partition coefficient (Wildman–Crippen LogP) is 3.18. The van der Waals surface area contributed by atoms with E-state index in [9.17, 15) is 9.59 Å². The third-order valence-electron chi connectivity index (χ3n) is 4.58. The fourth-order valence-corrected chi connectivity index (χ4v) is 4.15. The third-order valence-corrected chi connectivity index (χ3v) is 5.59. The largest absolute Gasteiger partial charge is 0.496 e. The Hall–Kier alpha value is -2.61. The molecule has 2 aromatic rings. The summed E-state index contributed by atoms with van der Waals surface area (Å²) < 4.78 is 5.42. The average molecular weight is 389 g/mol. The van der Waals surface area contributed by atoms with Gasteiger partial charge in [0.25, 0.3) is 0 Å². The first-order chi connectivity index (χ1) is 13.1. The van der Waals surface area contributed by atoms with Crippen molar-refractivity contribution >= 4 is 23.3 Å². The van der Waals surface area contributed by atoms with Crippen LogP contribution in [0.5, 0.6) is 5.75 Å². The van der Waals surface area contributed by atoms with Crippen molar-refractivity contribution < 1.29 is 19.4 Å². The van der Waals surface area contributed by atoms with E-state index in [2.05, 4.69) is 5.32 Å². The van der Waals surface area contributed by atoms with Crippen LogP contribution in [-0.4, -0.2) is 53.7 Å². The van der Waals surface area contributed by atoms with E-state index in [0.29, 0.717) is 13.1 Å². The fourth-order valence-electron chi connectivity index (χ4n) is 3.21. The van der Waals surface area contributed by atoms with Gasteiger partial charge in [-0.25, -0.2) is 9.78 Å². The van der Waals surface area contributed by atoms with Crippen molar-refractivity contribution in [1.29, 1.82) is 0 Å². The predicted molar refractivity (Wildman–Crippen MR) is 103 cm³/mol. The monoisotopic (exact) mass is 389 g/mol. The number of ether oxygens (including phenoxy) is 1. The number of aliphatic carboxylic acids is 1. The molecule has 1 saturated heterocycles. The van der Waals surface area contributed by atoms with Gasteiger partial charge in [-0.05, 0) is 25.0 Å². The number of piperidine rings is 1. The number of carboxylic acids is 1. The minimum absolute atomic E-state index is 0.0717. The summed E-state index contributed by atoms with van der Waals surface area (Å²) >= 11 is 1.60. The number of hydrogen-bond acceptors (Lipinski definition) is 5. The molecule has 2 heterocycles. The summed E-state index contributed by atoms with van der Waals surface area (Å²) in [6, 6.07) is 7.58. The van der Waals surface area contributed by atoms with E-state index in [0.717, 1.165) is 34.9 Å². The van der Waals surface area contributed by atoms with E-state index in [-0.39, 0.29) is 24.9 Å². The Kier molecular flexibility index (Phi) is 6.28. The second-order valence-electron chi connectivity index (χ2n) is 6.43. The molecule has 1 aromatic carbocycles. The Labute approximate surface area is 162 Å². The molecule has 27 heavy (non-hydrogen) atoms. The number of urea groups is 1. The molecular weight excluding hydrogens is 366 g/mol. The Bertz CT molecular complexity index is 808. The van der Waals surface area contributed by atoms with Gasteiger partial charge in [-0.3, -0.25) is 4.79 Å². The summed E-state index contributed by atoms with van der Waals surface area (Å²) in [5.41, 5.74) is 1.84. The maximum atomic E-state index is 12.3. The van der Waals surface area contributed by atoms with Crippen LogP contribution in [0.25, 0.3) is 11.3 Å². The molecule has 2 amide bonds. The summed E-state index contributed by atoms with van der Waals surface area (Å²) in [5, 5.41) is 14.4. The molecule has 0 aliphatic carbocycles. The summed E-state index contributed by atoms with van der Waals surface area (Å²) in [4.78, 5) is 29.4. The number of carbonyl (C=O) groups is 2. The first-order valence-electron chi connectivity index (χ1n) is 8.92. The molecular formula is C19H23N3O4S. The molecule has 1 unspecified atom stereocenters. The number of benzene rings is 1. The molecule has 0 bridgehead atoms. The Morgan fingerprint density at radius 3 is 3.00 bits per heavy atom. The van der Waals surface area contributed by atoms with Crippen LogP contribution in [0.3, 0.4) is 0 Å². The second-order valence-corrected chi connectivity index (χ2v) is 7.32. The zero-order valence-corrected chi connectivity index (χ0v) is 16.0. The molecule has 2 N–H and O–H groups in total. The van der Waals surface area contributed by atoms with Crippen molar-refractivity contribution in [3.05, 3.63) is 34.7 Å². The molecule has 144 valence electrons. The van der Waals surface area contributed by atoms with Crippen LogP contribution in [0.1, 0.15) is 30.2 Å². The molecule has 3 rings (SSSR count). The van der Waals surface area contributed by atoms with E-state index < -0.39 is 5.97 Å². The van der Waals surface area contributed by atoms with Crippen LogP contribution in [0.4, 0.5) is 4.79 Å². The van der Waals surface area contributed by atoms with E-state index in [1.807, 2.05) is 29.6 Å². The number of nitrogens with zero attached hydrogens (tertiary/aromatic N) is 2. The lowest BCUT2D eigenvalue weighted by atomic mass is 9.99. The van der Waals surface area contributed by atoms with Gasteiger partial charge in [-0.1, -0.05) is 12.1 Å². The van der Waals surface area contributed by atoms with Crippen molar-refractivity contribution in [1.82, 2.24) is 15.2 Å². The van der Waals surface area contributed by atoms with Gasteiger partial charge in [0.2, 0.25) is 0 Å². The number of aromatic nitrogens is 1. The quantitative estimate of drug-likeness (QED) is 0.792. The van der Waals surface area contributed by atoms with Gasteiger partial charge in [0.15, 0.2) is 0 Å². The molecule has 1 aromatic heterocycles. The van der Waals surface area contributed by atoms with Gasteiger partial charge >= 0.3 is 12.0 Å². The van der Waals surface area contributed by atoms with Gasteiger partial charge in [-0.15, -0.1) is 11.3 Å². The smallest absolute Gasteiger partial charge is 0.317 e. The summed E-state index contributed by atoms with van der Waals surface area (Å²) in [5.74, 6) is 0.0633. The molecule has 1 fully saturated rings. The minimum atomic E-state index is -0.918. The van der Waals surface area contributed by atoms with E-state index in [1.54, 1.807) is 23.3 Å². The highest BCUT2D eigenvalue weighted by atomic mass is 32.1. The third kappa shape index (κ3) is 4.77. The maximum Gasteiger partial charge on any atom is 0.317 e. The summed E-state index contributed by atoms with van der Waals surface area (Å²) in [6.07, 6.45) is 1.82. The average Bonchev–Trinajstić information content (AvgIpc) is 3.17. The fraction of sp³-hybridized carbons (Fsp3) is 0.421. The first kappa shape index (κ1) is 19.2. The van der Waals surface area contributed by atoms with Crippen molar-refractivity contribution in [3.8, 4) is 17.0 Å². The van der Waals surface area contributed by atoms with Crippen LogP contribution in [0, 0.1) is 0 Å². The number of nitrogens with one attached hydrogen (secondary N) is 1. The molecule has 8 heteroatoms. The lowest BCUT2D eigenvalue weighted by Crippen LogP contribution is -2.45. The zero-order valence-electron chi connectivity index (χ0n) is 15.2. The lowest BCUT2D eigenvalue weighted by molar-refractivity contribution is -0.136. The summed E-state index contributed by atoms with van der Waals surface area (Å²) in [6.45, 7) is 1.42. The van der Waals surface area contributed by atoms with Gasteiger partial charge in [0, 0.05) is 36.5 Å². The van der Waals surface area contributed by atoms with Crippen LogP contribution >= 0.6 is 11.3 Å². The molecule has 1 atom stereocenters.